The predicted molar refractivity (Wildman–Crippen MR) is 83.0 cm³/mol. The monoisotopic (exact) mass is 305 g/mol. The van der Waals surface area contributed by atoms with E-state index in [0.717, 1.165) is 17.7 Å². The van der Waals surface area contributed by atoms with E-state index < -0.39 is 11.9 Å². The van der Waals surface area contributed by atoms with Crippen molar-refractivity contribution in [2.45, 2.75) is 32.1 Å². The normalized spacial score (nSPS) is 19.5. The summed E-state index contributed by atoms with van der Waals surface area (Å²) in [7, 11) is 1.62. The fourth-order valence-electron chi connectivity index (χ4n) is 2.86. The molecule has 0 bridgehead atoms. The number of aliphatic carboxylic acids is 1. The van der Waals surface area contributed by atoms with Crippen LogP contribution < -0.4 is 4.74 Å². The smallest absolute Gasteiger partial charge is 0.308 e. The quantitative estimate of drug-likeness (QED) is 0.907. The number of hydrogen-bond acceptors (Lipinski definition) is 3. The first-order valence-electron chi connectivity index (χ1n) is 7.65. The summed E-state index contributed by atoms with van der Waals surface area (Å²) in [5.41, 5.74) is 1.06. The largest absolute Gasteiger partial charge is 0.497 e. The summed E-state index contributed by atoms with van der Waals surface area (Å²) in [5.74, 6) is -0.349. The van der Waals surface area contributed by atoms with Crippen molar-refractivity contribution in [2.75, 3.05) is 20.2 Å². The van der Waals surface area contributed by atoms with Crippen LogP contribution in [-0.4, -0.2) is 42.1 Å². The van der Waals surface area contributed by atoms with Gasteiger partial charge in [-0.3, -0.25) is 9.59 Å². The Hall–Kier alpha value is -2.04. The molecule has 22 heavy (non-hydrogen) atoms. The maximum Gasteiger partial charge on any atom is 0.308 e. The summed E-state index contributed by atoms with van der Waals surface area (Å²) in [4.78, 5) is 25.2. The number of likely N-dealkylation sites (tertiary alicyclic amines) is 1. The number of hydrogen-bond donors (Lipinski definition) is 1. The lowest BCUT2D eigenvalue weighted by Gasteiger charge is -2.31. The first-order chi connectivity index (χ1) is 10.5. The van der Waals surface area contributed by atoms with Crippen molar-refractivity contribution < 1.29 is 19.4 Å². The third-order valence-electron chi connectivity index (χ3n) is 4.27. The molecule has 1 amide bonds. The highest BCUT2D eigenvalue weighted by Crippen LogP contribution is 2.25. The van der Waals surface area contributed by atoms with Gasteiger partial charge in [0.05, 0.1) is 13.0 Å². The molecule has 0 aliphatic carbocycles. The highest BCUT2D eigenvalue weighted by atomic mass is 16.5. The lowest BCUT2D eigenvalue weighted by atomic mass is 9.94. The van der Waals surface area contributed by atoms with E-state index in [1.54, 1.807) is 12.0 Å². The lowest BCUT2D eigenvalue weighted by molar-refractivity contribution is -0.145. The van der Waals surface area contributed by atoms with Gasteiger partial charge in [0.2, 0.25) is 5.91 Å². The van der Waals surface area contributed by atoms with Crippen LogP contribution in [0.4, 0.5) is 0 Å². The van der Waals surface area contributed by atoms with Crippen molar-refractivity contribution in [3.8, 4) is 5.75 Å². The maximum absolute atomic E-state index is 12.4. The molecule has 1 aliphatic heterocycles. The van der Waals surface area contributed by atoms with Crippen molar-refractivity contribution in [2.24, 2.45) is 5.92 Å². The number of nitrogens with zero attached hydrogens (tertiary/aromatic N) is 1. The SMILES string of the molecule is COc1cccc([C@H](C)CC(=O)N2CCC[C@@H](C(=O)O)C2)c1. The van der Waals surface area contributed by atoms with E-state index in [4.69, 9.17) is 9.84 Å². The Morgan fingerprint density at radius 3 is 2.91 bits per heavy atom. The third-order valence-corrected chi connectivity index (χ3v) is 4.27. The summed E-state index contributed by atoms with van der Waals surface area (Å²) >= 11 is 0. The molecule has 0 unspecified atom stereocenters. The Morgan fingerprint density at radius 2 is 2.23 bits per heavy atom. The molecule has 5 heteroatoms. The standard InChI is InChI=1S/C17H23NO4/c1-12(13-5-3-7-15(10-13)22-2)9-16(19)18-8-4-6-14(11-18)17(20)21/h3,5,7,10,12,14H,4,6,8-9,11H2,1-2H3,(H,20,21)/t12-,14-/m1/s1. The van der Waals surface area contributed by atoms with Crippen molar-refractivity contribution in [1.82, 2.24) is 4.90 Å². The molecule has 1 fully saturated rings. The highest BCUT2D eigenvalue weighted by Gasteiger charge is 2.28. The summed E-state index contributed by atoms with van der Waals surface area (Å²) in [6, 6.07) is 7.71. The van der Waals surface area contributed by atoms with Gasteiger partial charge in [-0.05, 0) is 36.5 Å². The molecule has 1 aromatic carbocycles. The second kappa shape index (κ2) is 7.29. The minimum Gasteiger partial charge on any atom is -0.497 e. The number of carbonyl (C=O) groups excluding carboxylic acids is 1. The molecule has 0 radical (unpaired) electrons. The van der Waals surface area contributed by atoms with Gasteiger partial charge in [-0.2, -0.15) is 0 Å². The first kappa shape index (κ1) is 16.3. The van der Waals surface area contributed by atoms with Crippen LogP contribution in [-0.2, 0) is 9.59 Å². The van der Waals surface area contributed by atoms with Gasteiger partial charge in [0, 0.05) is 19.5 Å². The molecule has 0 saturated carbocycles. The molecule has 2 rings (SSSR count). The van der Waals surface area contributed by atoms with Crippen LogP contribution in [0.1, 0.15) is 37.7 Å². The number of amides is 1. The second-order valence-electron chi connectivity index (χ2n) is 5.90. The Kier molecular flexibility index (Phi) is 5.41. The van der Waals surface area contributed by atoms with E-state index in [9.17, 15) is 9.59 Å². The van der Waals surface area contributed by atoms with Crippen molar-refractivity contribution in [3.63, 3.8) is 0 Å². The molecule has 120 valence electrons. The molecule has 1 aromatic rings. The summed E-state index contributed by atoms with van der Waals surface area (Å²) in [5, 5.41) is 9.10. The van der Waals surface area contributed by atoms with Crippen LogP contribution >= 0.6 is 0 Å². The molecule has 1 saturated heterocycles. The third kappa shape index (κ3) is 4.00. The minimum atomic E-state index is -0.807. The Morgan fingerprint density at radius 1 is 1.45 bits per heavy atom. The van der Waals surface area contributed by atoms with E-state index in [2.05, 4.69) is 0 Å². The van der Waals surface area contributed by atoms with Crippen LogP contribution in [0.2, 0.25) is 0 Å². The fraction of sp³-hybridized carbons (Fsp3) is 0.529. The molecule has 2 atom stereocenters. The molecule has 5 nitrogen and oxygen atoms in total. The van der Waals surface area contributed by atoms with Gasteiger partial charge >= 0.3 is 5.97 Å². The topological polar surface area (TPSA) is 66.8 Å². The van der Waals surface area contributed by atoms with Gasteiger partial charge in [0.15, 0.2) is 0 Å². The van der Waals surface area contributed by atoms with Crippen LogP contribution in [0, 0.1) is 5.92 Å². The lowest BCUT2D eigenvalue weighted by Crippen LogP contribution is -2.42. The zero-order chi connectivity index (χ0) is 16.1. The van der Waals surface area contributed by atoms with Gasteiger partial charge in [-0.15, -0.1) is 0 Å². The fourth-order valence-corrected chi connectivity index (χ4v) is 2.86. The molecule has 0 spiro atoms. The van der Waals surface area contributed by atoms with E-state index in [1.807, 2.05) is 31.2 Å². The highest BCUT2D eigenvalue weighted by molar-refractivity contribution is 5.78. The van der Waals surface area contributed by atoms with E-state index in [1.165, 1.54) is 0 Å². The number of piperidine rings is 1. The van der Waals surface area contributed by atoms with Crippen molar-refractivity contribution in [3.05, 3.63) is 29.8 Å². The van der Waals surface area contributed by atoms with Crippen LogP contribution in [0.25, 0.3) is 0 Å². The number of methoxy groups -OCH3 is 1. The molecule has 1 aliphatic rings. The van der Waals surface area contributed by atoms with Crippen molar-refractivity contribution >= 4 is 11.9 Å². The van der Waals surface area contributed by atoms with E-state index in [-0.39, 0.29) is 11.8 Å². The average Bonchev–Trinajstić information content (AvgIpc) is 2.54. The number of benzene rings is 1. The maximum atomic E-state index is 12.4. The van der Waals surface area contributed by atoms with E-state index in [0.29, 0.717) is 25.9 Å². The van der Waals surface area contributed by atoms with Gasteiger partial charge in [-0.25, -0.2) is 0 Å². The number of carboxylic acid groups (broad SMARTS) is 1. The number of rotatable bonds is 5. The number of carboxylic acids is 1. The minimum absolute atomic E-state index is 0.0290. The van der Waals surface area contributed by atoms with Crippen LogP contribution in [0.5, 0.6) is 5.75 Å². The molecule has 0 aromatic heterocycles. The molecular weight excluding hydrogens is 282 g/mol. The van der Waals surface area contributed by atoms with Gasteiger partial charge in [0.25, 0.3) is 0 Å². The number of ether oxygens (including phenoxy) is 1. The van der Waals surface area contributed by atoms with Crippen LogP contribution in [0.15, 0.2) is 24.3 Å². The predicted octanol–water partition coefficient (Wildman–Crippen LogP) is 2.51. The zero-order valence-electron chi connectivity index (χ0n) is 13.1. The van der Waals surface area contributed by atoms with Gasteiger partial charge in [0.1, 0.15) is 5.75 Å². The Labute approximate surface area is 130 Å². The summed E-state index contributed by atoms with van der Waals surface area (Å²) < 4.78 is 5.21. The first-order valence-corrected chi connectivity index (χ1v) is 7.65. The summed E-state index contributed by atoms with van der Waals surface area (Å²) in [6.07, 6.45) is 1.81. The molecule has 1 N–H and O–H groups in total. The zero-order valence-corrected chi connectivity index (χ0v) is 13.1. The Balaban J connectivity index is 1.97. The summed E-state index contributed by atoms with van der Waals surface area (Å²) in [6.45, 7) is 3.00. The molecule has 1 heterocycles. The molecular formula is C17H23NO4. The van der Waals surface area contributed by atoms with Gasteiger partial charge < -0.3 is 14.7 Å². The van der Waals surface area contributed by atoms with E-state index >= 15 is 0 Å². The number of carbonyl (C=O) groups is 2. The Bertz CT molecular complexity index is 543. The van der Waals surface area contributed by atoms with Gasteiger partial charge in [-0.1, -0.05) is 19.1 Å². The van der Waals surface area contributed by atoms with Crippen molar-refractivity contribution in [1.29, 1.82) is 0 Å². The van der Waals surface area contributed by atoms with Crippen LogP contribution in [0.3, 0.4) is 0 Å². The second-order valence-corrected chi connectivity index (χ2v) is 5.90. The average molecular weight is 305 g/mol.